The van der Waals surface area contributed by atoms with Crippen molar-refractivity contribution in [3.05, 3.63) is 11.1 Å². The minimum absolute atomic E-state index is 0.0440. The molecule has 1 rings (SSSR count). The van der Waals surface area contributed by atoms with Crippen LogP contribution < -0.4 is 0 Å². The maximum absolute atomic E-state index is 10.4. The van der Waals surface area contributed by atoms with Crippen molar-refractivity contribution in [3.8, 4) is 0 Å². The largest absolute Gasteiger partial charge is 0.297 e. The van der Waals surface area contributed by atoms with Gasteiger partial charge in [-0.25, -0.2) is 0 Å². The van der Waals surface area contributed by atoms with Gasteiger partial charge in [-0.1, -0.05) is 12.2 Å². The number of nitrogens with zero attached hydrogens (tertiary/aromatic N) is 1. The van der Waals surface area contributed by atoms with Crippen LogP contribution in [0.2, 0.25) is 0 Å². The first kappa shape index (κ1) is 7.52. The third kappa shape index (κ3) is 1.28. The van der Waals surface area contributed by atoms with Gasteiger partial charge in [-0.05, 0) is 0 Å². The summed E-state index contributed by atoms with van der Waals surface area (Å²) in [7, 11) is -4.16. The second-order valence-corrected chi connectivity index (χ2v) is 3.44. The Hall–Kier alpha value is -0.590. The molecule has 1 heterocycles. The molecule has 1 aliphatic rings. The summed E-state index contributed by atoms with van der Waals surface area (Å²) in [5.41, 5.74) is 0. The van der Waals surface area contributed by atoms with Gasteiger partial charge in [-0.3, -0.25) is 9.55 Å². The van der Waals surface area contributed by atoms with Gasteiger partial charge in [0.2, 0.25) is 0 Å². The summed E-state index contributed by atoms with van der Waals surface area (Å²) >= 11 is 4.53. The molecule has 54 valence electrons. The van der Waals surface area contributed by atoms with E-state index in [1.165, 1.54) is 6.21 Å². The molecule has 1 N–H and O–H groups in total. The molecule has 0 aliphatic carbocycles. The minimum Gasteiger partial charge on any atom is -0.282 e. The number of rotatable bonds is 1. The molecule has 0 aromatic heterocycles. The smallest absolute Gasteiger partial charge is 0.282 e. The summed E-state index contributed by atoms with van der Waals surface area (Å²) in [4.78, 5) is 3.19. The van der Waals surface area contributed by atoms with E-state index in [-0.39, 0.29) is 9.77 Å². The summed E-state index contributed by atoms with van der Waals surface area (Å²) in [6, 6.07) is 0. The topological polar surface area (TPSA) is 66.7 Å². The van der Waals surface area contributed by atoms with Gasteiger partial charge in [-0.15, -0.1) is 0 Å². The highest BCUT2D eigenvalue weighted by atomic mass is 32.2. The Morgan fingerprint density at radius 1 is 1.60 bits per heavy atom. The van der Waals surface area contributed by atoms with Crippen LogP contribution in [0.1, 0.15) is 0 Å². The monoisotopic (exact) mass is 177 g/mol. The van der Waals surface area contributed by atoms with Crippen LogP contribution in [0.25, 0.3) is 0 Å². The average Bonchev–Trinajstić information content (AvgIpc) is 2.11. The van der Waals surface area contributed by atoms with Gasteiger partial charge in [0.1, 0.15) is 4.91 Å². The Morgan fingerprint density at radius 2 is 2.20 bits per heavy atom. The van der Waals surface area contributed by atoms with Crippen LogP contribution in [0, 0.1) is 0 Å². The molecule has 0 unspecified atom stereocenters. The molecule has 10 heavy (non-hydrogen) atoms. The highest BCUT2D eigenvalue weighted by Gasteiger charge is 2.19. The fourth-order valence-corrected chi connectivity index (χ4v) is 1.42. The predicted molar refractivity (Wildman–Crippen MR) is 40.7 cm³/mol. The summed E-state index contributed by atoms with van der Waals surface area (Å²) in [5, 5.41) is 0. The van der Waals surface area contributed by atoms with Gasteiger partial charge in [0.05, 0.1) is 4.86 Å². The van der Waals surface area contributed by atoms with Crippen molar-refractivity contribution in [2.45, 2.75) is 0 Å². The van der Waals surface area contributed by atoms with Gasteiger partial charge in [-0.2, -0.15) is 8.42 Å². The van der Waals surface area contributed by atoms with Crippen LogP contribution >= 0.6 is 12.2 Å². The Labute approximate surface area is 63.0 Å². The molecular weight excluding hydrogens is 174 g/mol. The second-order valence-electron chi connectivity index (χ2n) is 1.61. The molecule has 0 atom stereocenters. The quantitative estimate of drug-likeness (QED) is 0.458. The van der Waals surface area contributed by atoms with Crippen LogP contribution in [0.3, 0.4) is 0 Å². The number of allylic oxidation sites excluding steroid dienone is 1. The van der Waals surface area contributed by atoms with E-state index in [0.29, 0.717) is 0 Å². The molecular formula is C4H3NO3S2. The highest BCUT2D eigenvalue weighted by Crippen LogP contribution is 2.10. The lowest BCUT2D eigenvalue weighted by Crippen LogP contribution is -2.08. The molecule has 0 aromatic rings. The Balaban J connectivity index is 3.12. The molecule has 0 spiro atoms. The lowest BCUT2D eigenvalue weighted by Gasteiger charge is -1.92. The first-order valence-corrected chi connectivity index (χ1v) is 4.12. The van der Waals surface area contributed by atoms with Gasteiger partial charge < -0.3 is 0 Å². The van der Waals surface area contributed by atoms with Crippen molar-refractivity contribution in [1.82, 2.24) is 0 Å². The van der Waals surface area contributed by atoms with Crippen molar-refractivity contribution in [3.63, 3.8) is 0 Å². The molecule has 1 aliphatic heterocycles. The van der Waals surface area contributed by atoms with Crippen LogP contribution in [0.15, 0.2) is 16.1 Å². The summed E-state index contributed by atoms with van der Waals surface area (Å²) in [6.07, 6.45) is 2.20. The minimum atomic E-state index is -4.16. The van der Waals surface area contributed by atoms with Crippen LogP contribution in [0.5, 0.6) is 0 Å². The van der Waals surface area contributed by atoms with Gasteiger partial charge in [0.15, 0.2) is 0 Å². The molecule has 0 fully saturated rings. The fraction of sp³-hybridized carbons (Fsp3) is 0. The van der Waals surface area contributed by atoms with E-state index in [9.17, 15) is 8.42 Å². The van der Waals surface area contributed by atoms with Crippen molar-refractivity contribution < 1.29 is 13.0 Å². The average molecular weight is 177 g/mol. The summed E-state index contributed by atoms with van der Waals surface area (Å²) < 4.78 is 29.2. The molecule has 0 amide bonds. The fourth-order valence-electron chi connectivity index (χ4n) is 0.494. The maximum atomic E-state index is 10.4. The van der Waals surface area contributed by atoms with Crippen molar-refractivity contribution >= 4 is 33.4 Å². The first-order valence-electron chi connectivity index (χ1n) is 2.27. The lowest BCUT2D eigenvalue weighted by atomic mass is 10.5. The van der Waals surface area contributed by atoms with Crippen molar-refractivity contribution in [2.75, 3.05) is 0 Å². The van der Waals surface area contributed by atoms with E-state index in [1.54, 1.807) is 0 Å². The van der Waals surface area contributed by atoms with E-state index in [2.05, 4.69) is 17.2 Å². The number of hydrogen-bond donors (Lipinski definition) is 1. The zero-order chi connectivity index (χ0) is 7.78. The second kappa shape index (κ2) is 2.22. The molecule has 6 heteroatoms. The lowest BCUT2D eigenvalue weighted by molar-refractivity contribution is 0.493. The van der Waals surface area contributed by atoms with E-state index in [4.69, 9.17) is 4.55 Å². The number of hydrogen-bond acceptors (Lipinski definition) is 4. The van der Waals surface area contributed by atoms with E-state index in [1.807, 2.05) is 0 Å². The summed E-state index contributed by atoms with van der Waals surface area (Å²) in [5.74, 6) is 0. The number of aliphatic imine (C=N–C) groups is 1. The standard InChI is InChI=1S/C4H3NO3S2/c6-10(7,8)4-2-5-1-3(4)9/h1-2H,(H,6,7,8). The predicted octanol–water partition coefficient (Wildman–Crippen LogP) is 0.170. The third-order valence-corrected chi connectivity index (χ3v) is 2.24. The van der Waals surface area contributed by atoms with Crippen LogP contribution in [-0.2, 0) is 10.1 Å². The van der Waals surface area contributed by atoms with E-state index in [0.717, 1.165) is 6.20 Å². The van der Waals surface area contributed by atoms with Crippen molar-refractivity contribution in [1.29, 1.82) is 0 Å². The first-order chi connectivity index (χ1) is 4.52. The Bertz CT molecular complexity index is 324. The Kier molecular flexibility index (Phi) is 1.67. The molecule has 4 nitrogen and oxygen atoms in total. The van der Waals surface area contributed by atoms with Gasteiger partial charge >= 0.3 is 0 Å². The number of thiocarbonyl (C=S) groups is 1. The molecule has 0 bridgehead atoms. The van der Waals surface area contributed by atoms with Gasteiger partial charge in [0, 0.05) is 12.4 Å². The van der Waals surface area contributed by atoms with Crippen molar-refractivity contribution in [2.24, 2.45) is 4.99 Å². The third-order valence-electron chi connectivity index (χ3n) is 0.904. The zero-order valence-corrected chi connectivity index (χ0v) is 6.32. The van der Waals surface area contributed by atoms with E-state index >= 15 is 0 Å². The van der Waals surface area contributed by atoms with Crippen LogP contribution in [0.4, 0.5) is 0 Å². The maximum Gasteiger partial charge on any atom is 0.297 e. The molecule has 0 aromatic carbocycles. The summed E-state index contributed by atoms with van der Waals surface area (Å²) in [6.45, 7) is 0. The molecule has 0 saturated carbocycles. The van der Waals surface area contributed by atoms with Gasteiger partial charge in [0.25, 0.3) is 10.1 Å². The normalized spacial score (nSPS) is 17.7. The zero-order valence-electron chi connectivity index (χ0n) is 4.68. The molecule has 0 radical (unpaired) electrons. The Morgan fingerprint density at radius 3 is 2.40 bits per heavy atom. The highest BCUT2D eigenvalue weighted by molar-refractivity contribution is 7.94. The SMILES string of the molecule is O=S(=O)(O)C1=CN=CC1=S. The van der Waals surface area contributed by atoms with E-state index < -0.39 is 10.1 Å². The molecule has 0 saturated heterocycles. The van der Waals surface area contributed by atoms with Crippen LogP contribution in [-0.4, -0.2) is 24.0 Å².